The lowest BCUT2D eigenvalue weighted by atomic mass is 10.3. The maximum atomic E-state index is 12.5. The predicted molar refractivity (Wildman–Crippen MR) is 107 cm³/mol. The number of carbonyl (C=O) groups excluding carboxylic acids is 1. The molecule has 0 aliphatic heterocycles. The molecule has 136 valence electrons. The molecule has 1 aromatic heterocycles. The van der Waals surface area contributed by atoms with Crippen LogP contribution in [0.1, 0.15) is 20.8 Å². The van der Waals surface area contributed by atoms with Crippen molar-refractivity contribution in [2.45, 2.75) is 37.7 Å². The van der Waals surface area contributed by atoms with Gasteiger partial charge in [-0.1, -0.05) is 23.9 Å². The zero-order valence-corrected chi connectivity index (χ0v) is 16.0. The third-order valence-electron chi connectivity index (χ3n) is 4.02. The molecule has 5 nitrogen and oxygen atoms in total. The second-order valence-electron chi connectivity index (χ2n) is 5.83. The number of anilines is 1. The van der Waals surface area contributed by atoms with Crippen molar-refractivity contribution in [1.29, 1.82) is 0 Å². The van der Waals surface area contributed by atoms with Crippen molar-refractivity contribution in [3.8, 4) is 5.75 Å². The Bertz CT molecular complexity index is 890. The number of amides is 1. The number of carbonyl (C=O) groups is 1. The summed E-state index contributed by atoms with van der Waals surface area (Å²) < 4.78 is 7.56. The molecule has 1 amide bonds. The summed E-state index contributed by atoms with van der Waals surface area (Å²) in [6.45, 7) is 7.36. The smallest absolute Gasteiger partial charge is 0.237 e. The lowest BCUT2D eigenvalue weighted by Gasteiger charge is -2.13. The van der Waals surface area contributed by atoms with Crippen molar-refractivity contribution in [3.05, 3.63) is 48.5 Å². The summed E-state index contributed by atoms with van der Waals surface area (Å²) in [5.74, 6) is 0.749. The molecule has 1 atom stereocenters. The monoisotopic (exact) mass is 369 g/mol. The Morgan fingerprint density at radius 2 is 1.92 bits per heavy atom. The van der Waals surface area contributed by atoms with Crippen molar-refractivity contribution in [2.75, 3.05) is 11.9 Å². The van der Waals surface area contributed by atoms with Crippen LogP contribution in [0.3, 0.4) is 0 Å². The fourth-order valence-electron chi connectivity index (χ4n) is 2.71. The minimum Gasteiger partial charge on any atom is -0.494 e. The number of benzene rings is 2. The van der Waals surface area contributed by atoms with Gasteiger partial charge in [0.2, 0.25) is 5.91 Å². The minimum absolute atomic E-state index is 0.0473. The normalized spacial score (nSPS) is 12.1. The number of nitrogens with one attached hydrogen (secondary N) is 1. The van der Waals surface area contributed by atoms with Gasteiger partial charge in [0, 0.05) is 12.2 Å². The van der Waals surface area contributed by atoms with Gasteiger partial charge in [-0.05, 0) is 57.2 Å². The number of aryl methyl sites for hydroxylation is 1. The Morgan fingerprint density at radius 1 is 1.19 bits per heavy atom. The molecule has 6 heteroatoms. The molecule has 1 N–H and O–H groups in total. The van der Waals surface area contributed by atoms with Crippen molar-refractivity contribution in [2.24, 2.45) is 0 Å². The predicted octanol–water partition coefficient (Wildman–Crippen LogP) is 4.57. The first-order valence-electron chi connectivity index (χ1n) is 8.78. The van der Waals surface area contributed by atoms with Crippen LogP contribution < -0.4 is 10.1 Å². The second-order valence-corrected chi connectivity index (χ2v) is 7.14. The molecular formula is C20H23N3O2S. The molecule has 0 fully saturated rings. The first kappa shape index (κ1) is 18.3. The van der Waals surface area contributed by atoms with Gasteiger partial charge in [0.15, 0.2) is 5.16 Å². The molecule has 0 aliphatic carbocycles. The Labute approximate surface area is 157 Å². The first-order chi connectivity index (χ1) is 12.6. The van der Waals surface area contributed by atoms with E-state index in [2.05, 4.69) is 27.9 Å². The van der Waals surface area contributed by atoms with Crippen LogP contribution in [0.25, 0.3) is 11.0 Å². The molecule has 0 spiro atoms. The maximum absolute atomic E-state index is 12.5. The van der Waals surface area contributed by atoms with Crippen LogP contribution in [0.2, 0.25) is 0 Å². The summed E-state index contributed by atoms with van der Waals surface area (Å²) in [6, 6.07) is 15.4. The Balaban J connectivity index is 1.69. The van der Waals surface area contributed by atoms with Gasteiger partial charge in [-0.3, -0.25) is 4.79 Å². The Kier molecular flexibility index (Phi) is 5.83. The number of para-hydroxylation sites is 2. The van der Waals surface area contributed by atoms with E-state index in [1.165, 1.54) is 11.8 Å². The average molecular weight is 369 g/mol. The molecule has 0 saturated carbocycles. The van der Waals surface area contributed by atoms with Gasteiger partial charge in [-0.2, -0.15) is 0 Å². The summed E-state index contributed by atoms with van der Waals surface area (Å²) in [7, 11) is 0. The topological polar surface area (TPSA) is 56.1 Å². The number of ether oxygens (including phenoxy) is 1. The van der Waals surface area contributed by atoms with Crippen molar-refractivity contribution < 1.29 is 9.53 Å². The van der Waals surface area contributed by atoms with Crippen LogP contribution in [-0.4, -0.2) is 27.3 Å². The van der Waals surface area contributed by atoms with Crippen molar-refractivity contribution in [3.63, 3.8) is 0 Å². The second kappa shape index (κ2) is 8.27. The Hall–Kier alpha value is -2.47. The SMILES string of the molecule is CCOc1ccc(NC(=O)C(C)Sc2nc3ccccc3n2CC)cc1. The van der Waals surface area contributed by atoms with Crippen LogP contribution in [-0.2, 0) is 11.3 Å². The fraction of sp³-hybridized carbons (Fsp3) is 0.300. The molecule has 0 bridgehead atoms. The van der Waals surface area contributed by atoms with Gasteiger partial charge in [0.25, 0.3) is 0 Å². The Morgan fingerprint density at radius 3 is 2.62 bits per heavy atom. The molecule has 0 saturated heterocycles. The van der Waals surface area contributed by atoms with E-state index in [0.717, 1.165) is 34.2 Å². The van der Waals surface area contributed by atoms with Gasteiger partial charge in [0.1, 0.15) is 5.75 Å². The van der Waals surface area contributed by atoms with E-state index in [0.29, 0.717) is 6.61 Å². The number of thioether (sulfide) groups is 1. The highest BCUT2D eigenvalue weighted by Gasteiger charge is 2.19. The number of imidazole rings is 1. The zero-order chi connectivity index (χ0) is 18.5. The highest BCUT2D eigenvalue weighted by atomic mass is 32.2. The van der Waals surface area contributed by atoms with Gasteiger partial charge in [-0.15, -0.1) is 0 Å². The van der Waals surface area contributed by atoms with Crippen LogP contribution in [0.4, 0.5) is 5.69 Å². The summed E-state index contributed by atoms with van der Waals surface area (Å²) in [6.07, 6.45) is 0. The van der Waals surface area contributed by atoms with E-state index in [-0.39, 0.29) is 11.2 Å². The number of hydrogen-bond acceptors (Lipinski definition) is 4. The molecular weight excluding hydrogens is 346 g/mol. The van der Waals surface area contributed by atoms with Crippen LogP contribution in [0.15, 0.2) is 53.7 Å². The number of fused-ring (bicyclic) bond motifs is 1. The zero-order valence-electron chi connectivity index (χ0n) is 15.2. The standard InChI is InChI=1S/C20H23N3O2S/c1-4-23-18-9-7-6-8-17(18)22-20(23)26-14(3)19(24)21-15-10-12-16(13-11-15)25-5-2/h6-14H,4-5H2,1-3H3,(H,21,24). The molecule has 2 aromatic carbocycles. The largest absolute Gasteiger partial charge is 0.494 e. The van der Waals surface area contributed by atoms with Crippen LogP contribution >= 0.6 is 11.8 Å². The summed E-state index contributed by atoms with van der Waals surface area (Å²) in [4.78, 5) is 17.2. The number of hydrogen-bond donors (Lipinski definition) is 1. The van der Waals surface area contributed by atoms with Crippen LogP contribution in [0.5, 0.6) is 5.75 Å². The summed E-state index contributed by atoms with van der Waals surface area (Å²) >= 11 is 1.47. The lowest BCUT2D eigenvalue weighted by Crippen LogP contribution is -2.22. The van der Waals surface area contributed by atoms with E-state index in [4.69, 9.17) is 4.74 Å². The van der Waals surface area contributed by atoms with E-state index in [1.54, 1.807) is 0 Å². The highest BCUT2D eigenvalue weighted by Crippen LogP contribution is 2.28. The number of rotatable bonds is 7. The number of nitrogens with zero attached hydrogens (tertiary/aromatic N) is 2. The molecule has 1 heterocycles. The third kappa shape index (κ3) is 4.02. The maximum Gasteiger partial charge on any atom is 0.237 e. The average Bonchev–Trinajstić information content (AvgIpc) is 3.00. The summed E-state index contributed by atoms with van der Waals surface area (Å²) in [5, 5.41) is 3.55. The van der Waals surface area contributed by atoms with E-state index in [1.807, 2.05) is 56.3 Å². The van der Waals surface area contributed by atoms with Gasteiger partial charge < -0.3 is 14.6 Å². The molecule has 1 unspecified atom stereocenters. The highest BCUT2D eigenvalue weighted by molar-refractivity contribution is 8.00. The van der Waals surface area contributed by atoms with Gasteiger partial charge in [0.05, 0.1) is 22.9 Å². The van der Waals surface area contributed by atoms with E-state index < -0.39 is 0 Å². The third-order valence-corrected chi connectivity index (χ3v) is 5.11. The van der Waals surface area contributed by atoms with E-state index in [9.17, 15) is 4.79 Å². The molecule has 0 radical (unpaired) electrons. The van der Waals surface area contributed by atoms with Gasteiger partial charge >= 0.3 is 0 Å². The van der Waals surface area contributed by atoms with Crippen molar-refractivity contribution in [1.82, 2.24) is 9.55 Å². The molecule has 26 heavy (non-hydrogen) atoms. The molecule has 3 aromatic rings. The lowest BCUT2D eigenvalue weighted by molar-refractivity contribution is -0.115. The van der Waals surface area contributed by atoms with Crippen molar-refractivity contribution >= 4 is 34.4 Å². The van der Waals surface area contributed by atoms with E-state index >= 15 is 0 Å². The molecule has 3 rings (SSSR count). The van der Waals surface area contributed by atoms with Gasteiger partial charge in [-0.25, -0.2) is 4.98 Å². The quantitative estimate of drug-likeness (QED) is 0.620. The minimum atomic E-state index is -0.260. The molecule has 0 aliphatic rings. The first-order valence-corrected chi connectivity index (χ1v) is 9.66. The van der Waals surface area contributed by atoms with Crippen LogP contribution in [0, 0.1) is 0 Å². The summed E-state index contributed by atoms with van der Waals surface area (Å²) in [5.41, 5.74) is 2.81. The fourth-order valence-corrected chi connectivity index (χ4v) is 3.69. The number of aromatic nitrogens is 2.